The van der Waals surface area contributed by atoms with Gasteiger partial charge in [0.15, 0.2) is 5.65 Å². The summed E-state index contributed by atoms with van der Waals surface area (Å²) in [6.07, 6.45) is 2.74. The van der Waals surface area contributed by atoms with Gasteiger partial charge < -0.3 is 5.73 Å². The van der Waals surface area contributed by atoms with Crippen molar-refractivity contribution in [3.05, 3.63) is 12.3 Å². The van der Waals surface area contributed by atoms with E-state index in [9.17, 15) is 0 Å². The van der Waals surface area contributed by atoms with Crippen LogP contribution >= 0.6 is 0 Å². The average molecular weight is 245 g/mol. The van der Waals surface area contributed by atoms with E-state index in [2.05, 4.69) is 27.3 Å². The standard InChI is InChI=1S/C11H15N7/c1-3-6-18-11-8(10(12)14-15-11)9(16-18)7-4-5-13-17(7)2/h4-5H,3,6H2,1-2H3,(H3,12,14,15). The van der Waals surface area contributed by atoms with Crippen molar-refractivity contribution in [1.82, 2.24) is 29.8 Å². The second-order valence-corrected chi connectivity index (χ2v) is 4.25. The van der Waals surface area contributed by atoms with Gasteiger partial charge in [-0.15, -0.1) is 0 Å². The molecule has 0 aliphatic carbocycles. The summed E-state index contributed by atoms with van der Waals surface area (Å²) >= 11 is 0. The predicted octanol–water partition coefficient (Wildman–Crippen LogP) is 1.15. The first kappa shape index (κ1) is 10.8. The fraction of sp³-hybridized carbons (Fsp3) is 0.364. The van der Waals surface area contributed by atoms with Gasteiger partial charge in [-0.1, -0.05) is 6.92 Å². The highest BCUT2D eigenvalue weighted by Gasteiger charge is 2.19. The summed E-state index contributed by atoms with van der Waals surface area (Å²) in [5.41, 5.74) is 8.50. The Labute approximate surface area is 104 Å². The van der Waals surface area contributed by atoms with Crippen molar-refractivity contribution in [3.63, 3.8) is 0 Å². The number of rotatable bonds is 3. The van der Waals surface area contributed by atoms with Crippen molar-refractivity contribution >= 4 is 16.9 Å². The molecule has 0 aromatic carbocycles. The highest BCUT2D eigenvalue weighted by molar-refractivity contribution is 5.98. The summed E-state index contributed by atoms with van der Waals surface area (Å²) in [6.45, 7) is 2.92. The zero-order valence-electron chi connectivity index (χ0n) is 10.4. The van der Waals surface area contributed by atoms with E-state index in [1.165, 1.54) is 0 Å². The molecule has 0 saturated carbocycles. The maximum absolute atomic E-state index is 5.94. The van der Waals surface area contributed by atoms with Crippen LogP contribution < -0.4 is 5.73 Å². The number of hydrogen-bond donors (Lipinski definition) is 2. The van der Waals surface area contributed by atoms with Crippen LogP contribution in [0.5, 0.6) is 0 Å². The molecule has 0 aliphatic heterocycles. The zero-order chi connectivity index (χ0) is 12.7. The summed E-state index contributed by atoms with van der Waals surface area (Å²) in [4.78, 5) is 0. The van der Waals surface area contributed by atoms with Gasteiger partial charge in [0.1, 0.15) is 11.5 Å². The van der Waals surface area contributed by atoms with Gasteiger partial charge in [-0.2, -0.15) is 15.3 Å². The number of hydrogen-bond acceptors (Lipinski definition) is 4. The normalized spacial score (nSPS) is 11.4. The highest BCUT2D eigenvalue weighted by atomic mass is 15.4. The van der Waals surface area contributed by atoms with E-state index in [0.29, 0.717) is 5.82 Å². The first-order valence-electron chi connectivity index (χ1n) is 5.91. The number of nitrogens with two attached hydrogens (primary N) is 1. The van der Waals surface area contributed by atoms with Gasteiger partial charge in [0.25, 0.3) is 0 Å². The minimum atomic E-state index is 0.545. The van der Waals surface area contributed by atoms with E-state index in [1.54, 1.807) is 10.9 Å². The lowest BCUT2D eigenvalue weighted by atomic mass is 10.2. The van der Waals surface area contributed by atoms with Crippen molar-refractivity contribution in [3.8, 4) is 11.4 Å². The average Bonchev–Trinajstić information content (AvgIpc) is 2.99. The molecule has 3 N–H and O–H groups in total. The lowest BCUT2D eigenvalue weighted by Crippen LogP contribution is -2.01. The third kappa shape index (κ3) is 1.40. The van der Waals surface area contributed by atoms with Gasteiger partial charge in [-0.25, -0.2) is 4.68 Å². The fourth-order valence-electron chi connectivity index (χ4n) is 2.14. The van der Waals surface area contributed by atoms with Gasteiger partial charge in [-0.3, -0.25) is 9.78 Å². The SMILES string of the molecule is CCCn1nc(-c2ccnn2C)c2c(N)[nH]nc21. The van der Waals surface area contributed by atoms with Gasteiger partial charge in [0, 0.05) is 19.8 Å². The first-order chi connectivity index (χ1) is 8.72. The molecule has 0 saturated heterocycles. The summed E-state index contributed by atoms with van der Waals surface area (Å²) in [7, 11) is 1.89. The van der Waals surface area contributed by atoms with Crippen molar-refractivity contribution < 1.29 is 0 Å². The molecule has 7 nitrogen and oxygen atoms in total. The monoisotopic (exact) mass is 245 g/mol. The fourth-order valence-corrected chi connectivity index (χ4v) is 2.14. The summed E-state index contributed by atoms with van der Waals surface area (Å²) in [6, 6.07) is 1.92. The second-order valence-electron chi connectivity index (χ2n) is 4.25. The number of H-pyrrole nitrogens is 1. The Balaban J connectivity index is 2.29. The topological polar surface area (TPSA) is 90.3 Å². The number of aromatic nitrogens is 6. The van der Waals surface area contributed by atoms with Crippen LogP contribution in [-0.2, 0) is 13.6 Å². The number of nitrogens with one attached hydrogen (secondary N) is 1. The Morgan fingerprint density at radius 2 is 2.28 bits per heavy atom. The molecule has 3 aromatic rings. The number of aromatic amines is 1. The third-order valence-corrected chi connectivity index (χ3v) is 2.98. The quantitative estimate of drug-likeness (QED) is 0.724. The van der Waals surface area contributed by atoms with E-state index in [1.807, 2.05) is 17.8 Å². The zero-order valence-corrected chi connectivity index (χ0v) is 10.4. The van der Waals surface area contributed by atoms with Crippen LogP contribution in [0.25, 0.3) is 22.4 Å². The number of aryl methyl sites for hydroxylation is 2. The lowest BCUT2D eigenvalue weighted by molar-refractivity contribution is 0.615. The van der Waals surface area contributed by atoms with Crippen molar-refractivity contribution in [2.75, 3.05) is 5.73 Å². The molecule has 3 aromatic heterocycles. The molecule has 3 heterocycles. The van der Waals surface area contributed by atoms with Crippen molar-refractivity contribution in [1.29, 1.82) is 0 Å². The Morgan fingerprint density at radius 3 is 2.94 bits per heavy atom. The Bertz CT molecular complexity index is 687. The molecule has 0 aliphatic rings. The van der Waals surface area contributed by atoms with Gasteiger partial charge in [0.05, 0.1) is 11.1 Å². The van der Waals surface area contributed by atoms with E-state index >= 15 is 0 Å². The predicted molar refractivity (Wildman–Crippen MR) is 68.8 cm³/mol. The Hall–Kier alpha value is -2.31. The molecule has 94 valence electrons. The Morgan fingerprint density at radius 1 is 1.44 bits per heavy atom. The minimum Gasteiger partial charge on any atom is -0.383 e. The molecule has 0 unspecified atom stereocenters. The molecule has 0 amide bonds. The van der Waals surface area contributed by atoms with Crippen molar-refractivity contribution in [2.24, 2.45) is 7.05 Å². The van der Waals surface area contributed by atoms with Gasteiger partial charge in [0.2, 0.25) is 0 Å². The molecule has 0 fully saturated rings. The molecule has 7 heteroatoms. The molecule has 0 radical (unpaired) electrons. The van der Waals surface area contributed by atoms with Crippen molar-refractivity contribution in [2.45, 2.75) is 19.9 Å². The smallest absolute Gasteiger partial charge is 0.182 e. The molecule has 0 spiro atoms. The lowest BCUT2D eigenvalue weighted by Gasteiger charge is -1.99. The van der Waals surface area contributed by atoms with E-state index in [4.69, 9.17) is 5.73 Å². The number of fused-ring (bicyclic) bond motifs is 1. The number of anilines is 1. The molecule has 3 rings (SSSR count). The first-order valence-corrected chi connectivity index (χ1v) is 5.91. The van der Waals surface area contributed by atoms with E-state index < -0.39 is 0 Å². The van der Waals surface area contributed by atoms with Crippen LogP contribution in [0.3, 0.4) is 0 Å². The molecular formula is C11H15N7. The molecule has 0 atom stereocenters. The summed E-state index contributed by atoms with van der Waals surface area (Å²) in [5.74, 6) is 0.545. The van der Waals surface area contributed by atoms with Gasteiger partial charge in [-0.05, 0) is 12.5 Å². The van der Waals surface area contributed by atoms with Crippen LogP contribution in [0.2, 0.25) is 0 Å². The van der Waals surface area contributed by atoms with E-state index in [0.717, 1.165) is 35.4 Å². The van der Waals surface area contributed by atoms with Gasteiger partial charge >= 0.3 is 0 Å². The maximum Gasteiger partial charge on any atom is 0.182 e. The molecule has 0 bridgehead atoms. The molecular weight excluding hydrogens is 230 g/mol. The summed E-state index contributed by atoms with van der Waals surface area (Å²) < 4.78 is 3.66. The second kappa shape index (κ2) is 3.86. The van der Waals surface area contributed by atoms with Crippen LogP contribution in [0.1, 0.15) is 13.3 Å². The highest BCUT2D eigenvalue weighted by Crippen LogP contribution is 2.30. The third-order valence-electron chi connectivity index (χ3n) is 2.98. The largest absolute Gasteiger partial charge is 0.383 e. The van der Waals surface area contributed by atoms with Crippen LogP contribution in [0.15, 0.2) is 12.3 Å². The van der Waals surface area contributed by atoms with Crippen LogP contribution in [0.4, 0.5) is 5.82 Å². The summed E-state index contributed by atoms with van der Waals surface area (Å²) in [5, 5.41) is 16.7. The maximum atomic E-state index is 5.94. The molecule has 18 heavy (non-hydrogen) atoms. The van der Waals surface area contributed by atoms with Crippen LogP contribution in [-0.4, -0.2) is 29.8 Å². The number of nitrogens with zero attached hydrogens (tertiary/aromatic N) is 5. The Kier molecular flexibility index (Phi) is 2.32. The van der Waals surface area contributed by atoms with E-state index in [-0.39, 0.29) is 0 Å². The number of nitrogen functional groups attached to an aromatic ring is 1. The van der Waals surface area contributed by atoms with Crippen LogP contribution in [0, 0.1) is 0 Å². The minimum absolute atomic E-state index is 0.545.